The van der Waals surface area contributed by atoms with Crippen LogP contribution in [-0.2, 0) is 0 Å². The topological polar surface area (TPSA) is 3.24 Å². The van der Waals surface area contributed by atoms with Crippen molar-refractivity contribution < 1.29 is 0 Å². The molecule has 8 aromatic carbocycles. The second kappa shape index (κ2) is 16.0. The number of allylic oxidation sites excluding steroid dienone is 5. The highest BCUT2D eigenvalue weighted by atomic mass is 15.1. The Morgan fingerprint density at radius 2 is 0.536 bits per heavy atom. The Kier molecular flexibility index (Phi) is 9.88. The van der Waals surface area contributed by atoms with Crippen LogP contribution in [0.25, 0.3) is 61.2 Å². The molecule has 0 amide bonds. The molecule has 0 aromatic heterocycles. The molecule has 0 spiro atoms. The predicted molar refractivity (Wildman–Crippen MR) is 238 cm³/mol. The Hall–Kier alpha value is -7.22. The van der Waals surface area contributed by atoms with Crippen LogP contribution in [0.15, 0.2) is 242 Å². The lowest BCUT2D eigenvalue weighted by Crippen LogP contribution is -2.15. The molecule has 0 unspecified atom stereocenters. The number of hydrogen-bond donors (Lipinski definition) is 0. The van der Waals surface area contributed by atoms with E-state index >= 15 is 0 Å². The molecule has 0 fully saturated rings. The fraction of sp³-hybridized carbons (Fsp3) is 0.0182. The van der Waals surface area contributed by atoms with Gasteiger partial charge in [0.05, 0.1) is 0 Å². The summed E-state index contributed by atoms with van der Waals surface area (Å²) in [6.45, 7) is 0. The highest BCUT2D eigenvalue weighted by molar-refractivity contribution is 5.81. The molecule has 1 aliphatic rings. The lowest BCUT2D eigenvalue weighted by atomic mass is 9.99. The van der Waals surface area contributed by atoms with Crippen molar-refractivity contribution in [3.05, 3.63) is 248 Å². The summed E-state index contributed by atoms with van der Waals surface area (Å²) in [5.74, 6) is 0. The van der Waals surface area contributed by atoms with Gasteiger partial charge >= 0.3 is 0 Å². The van der Waals surface area contributed by atoms with E-state index < -0.39 is 0 Å². The van der Waals surface area contributed by atoms with Gasteiger partial charge in [-0.05, 0) is 104 Å². The van der Waals surface area contributed by atoms with E-state index in [4.69, 9.17) is 0 Å². The molecule has 1 aliphatic carbocycles. The molecule has 8 aromatic rings. The van der Waals surface area contributed by atoms with Crippen LogP contribution in [0.2, 0.25) is 0 Å². The van der Waals surface area contributed by atoms with Crippen LogP contribution in [0.5, 0.6) is 0 Å². The van der Waals surface area contributed by atoms with Crippen molar-refractivity contribution in [1.29, 1.82) is 0 Å². The minimum Gasteiger partial charge on any atom is -0.311 e. The third kappa shape index (κ3) is 7.57. The van der Waals surface area contributed by atoms with Crippen LogP contribution < -0.4 is 4.90 Å². The summed E-state index contributed by atoms with van der Waals surface area (Å²) in [4.78, 5) is 2.37. The Labute approximate surface area is 330 Å². The molecule has 0 radical (unpaired) electrons. The van der Waals surface area contributed by atoms with Gasteiger partial charge in [0.25, 0.3) is 0 Å². The molecule has 1 heteroatoms. The Balaban J connectivity index is 1.01. The van der Waals surface area contributed by atoms with Crippen LogP contribution >= 0.6 is 0 Å². The van der Waals surface area contributed by atoms with Gasteiger partial charge in [-0.2, -0.15) is 0 Å². The molecular formula is C55H41N. The van der Waals surface area contributed by atoms with E-state index in [0.29, 0.717) is 0 Å². The molecule has 266 valence electrons. The third-order valence-corrected chi connectivity index (χ3v) is 10.6. The van der Waals surface area contributed by atoms with Gasteiger partial charge in [0.1, 0.15) is 0 Å². The van der Waals surface area contributed by atoms with E-state index in [9.17, 15) is 0 Å². The molecule has 0 atom stereocenters. The molecule has 0 bridgehead atoms. The van der Waals surface area contributed by atoms with Crippen LogP contribution in [0, 0.1) is 0 Å². The summed E-state index contributed by atoms with van der Waals surface area (Å²) >= 11 is 0. The average Bonchev–Trinajstić information content (AvgIpc) is 3.54. The second-order valence-corrected chi connectivity index (χ2v) is 14.1. The van der Waals surface area contributed by atoms with Crippen molar-refractivity contribution in [3.63, 3.8) is 0 Å². The first kappa shape index (κ1) is 34.5. The minimum atomic E-state index is 0.826. The predicted octanol–water partition coefficient (Wildman–Crippen LogP) is 15.1. The van der Waals surface area contributed by atoms with E-state index in [1.54, 1.807) is 0 Å². The monoisotopic (exact) mass is 715 g/mol. The first-order chi connectivity index (χ1) is 27.7. The Morgan fingerprint density at radius 3 is 0.875 bits per heavy atom. The van der Waals surface area contributed by atoms with Gasteiger partial charge in [-0.1, -0.05) is 206 Å². The summed E-state index contributed by atoms with van der Waals surface area (Å²) in [5.41, 5.74) is 17.9. The van der Waals surface area contributed by atoms with E-state index in [-0.39, 0.29) is 0 Å². The highest BCUT2D eigenvalue weighted by Gasteiger charge is 2.16. The first-order valence-corrected chi connectivity index (χ1v) is 19.3. The zero-order valence-corrected chi connectivity index (χ0v) is 31.2. The van der Waals surface area contributed by atoms with Gasteiger partial charge in [-0.15, -0.1) is 0 Å². The molecule has 9 rings (SSSR count). The van der Waals surface area contributed by atoms with Gasteiger partial charge in [-0.25, -0.2) is 0 Å². The molecule has 0 aliphatic heterocycles. The quantitative estimate of drug-likeness (QED) is 0.144. The molecule has 0 heterocycles. The first-order valence-electron chi connectivity index (χ1n) is 19.3. The summed E-state index contributed by atoms with van der Waals surface area (Å²) in [5, 5.41) is 0. The molecule has 0 saturated carbocycles. The second-order valence-electron chi connectivity index (χ2n) is 14.1. The molecule has 56 heavy (non-hydrogen) atoms. The molecule has 1 nitrogen and oxygen atoms in total. The Morgan fingerprint density at radius 1 is 0.250 bits per heavy atom. The van der Waals surface area contributed by atoms with Gasteiger partial charge < -0.3 is 4.90 Å². The zero-order chi connectivity index (χ0) is 37.5. The number of hydrogen-bond acceptors (Lipinski definition) is 1. The summed E-state index contributed by atoms with van der Waals surface area (Å²) in [6, 6.07) is 76.2. The van der Waals surface area contributed by atoms with E-state index in [1.165, 1.54) is 66.8 Å². The zero-order valence-electron chi connectivity index (χ0n) is 31.2. The molecular weight excluding hydrogens is 675 g/mol. The summed E-state index contributed by atoms with van der Waals surface area (Å²) in [6.07, 6.45) is 10.00. The number of anilines is 2. The smallest absolute Gasteiger partial charge is 0.0461 e. The molecule has 0 saturated heterocycles. The van der Waals surface area contributed by atoms with Crippen molar-refractivity contribution >= 4 is 16.9 Å². The largest absolute Gasteiger partial charge is 0.311 e. The normalized spacial score (nSPS) is 12.4. The van der Waals surface area contributed by atoms with Crippen molar-refractivity contribution in [1.82, 2.24) is 0 Å². The van der Waals surface area contributed by atoms with Crippen LogP contribution in [-0.4, -0.2) is 0 Å². The van der Waals surface area contributed by atoms with Crippen LogP contribution in [0.4, 0.5) is 11.4 Å². The lowest BCUT2D eigenvalue weighted by molar-refractivity contribution is 1.18. The average molecular weight is 716 g/mol. The van der Waals surface area contributed by atoms with Gasteiger partial charge in [-0.3, -0.25) is 0 Å². The number of benzene rings is 8. The number of rotatable bonds is 9. The molecule has 0 N–H and O–H groups in total. The van der Waals surface area contributed by atoms with E-state index in [0.717, 1.165) is 23.5 Å². The summed E-state index contributed by atoms with van der Waals surface area (Å²) in [7, 11) is 0. The standard InChI is InChI=1S/C55H41N/c1-4-11-41(12-5-1)45-19-25-48(26-20-45)44-17-10-18-53(36-31-44)56(54-37-32-51(33-38-54)49-27-21-46(22-28-49)42-13-6-2-7-14-42)55-39-34-52(35-40-55)50-29-23-47(24-30-50)43-15-8-3-9-16-43/h1-9,11-40H,10H2. The maximum atomic E-state index is 2.37. The van der Waals surface area contributed by atoms with Gasteiger partial charge in [0, 0.05) is 17.1 Å². The van der Waals surface area contributed by atoms with E-state index in [2.05, 4.69) is 242 Å². The Bertz CT molecular complexity index is 2490. The maximum Gasteiger partial charge on any atom is 0.0461 e. The lowest BCUT2D eigenvalue weighted by Gasteiger charge is -2.27. The van der Waals surface area contributed by atoms with Crippen LogP contribution in [0.1, 0.15) is 12.0 Å². The minimum absolute atomic E-state index is 0.826. The third-order valence-electron chi connectivity index (χ3n) is 10.6. The van der Waals surface area contributed by atoms with Crippen molar-refractivity contribution in [2.45, 2.75) is 6.42 Å². The van der Waals surface area contributed by atoms with Gasteiger partial charge in [0.15, 0.2) is 0 Å². The SMILES string of the molecule is C1=CC(N(c2ccc(-c3ccc(-c4ccccc4)cc3)cc2)c2ccc(-c3ccc(-c4ccccc4)cc3)cc2)=CCC=C1c1ccc(-c2ccccc2)cc1. The van der Waals surface area contributed by atoms with Crippen molar-refractivity contribution in [2.24, 2.45) is 0 Å². The van der Waals surface area contributed by atoms with Crippen molar-refractivity contribution in [3.8, 4) is 55.6 Å². The highest BCUT2D eigenvalue weighted by Crippen LogP contribution is 2.36. The fourth-order valence-corrected chi connectivity index (χ4v) is 7.51. The summed E-state index contributed by atoms with van der Waals surface area (Å²) < 4.78 is 0. The van der Waals surface area contributed by atoms with Crippen LogP contribution in [0.3, 0.4) is 0 Å². The van der Waals surface area contributed by atoms with E-state index in [1.807, 2.05) is 0 Å². The van der Waals surface area contributed by atoms with Crippen molar-refractivity contribution in [2.75, 3.05) is 4.90 Å². The maximum absolute atomic E-state index is 2.37. The fourth-order valence-electron chi connectivity index (χ4n) is 7.51. The number of nitrogens with zero attached hydrogens (tertiary/aromatic N) is 1. The van der Waals surface area contributed by atoms with Gasteiger partial charge in [0.2, 0.25) is 0 Å².